The summed E-state index contributed by atoms with van der Waals surface area (Å²) in [5.74, 6) is 1.30. The van der Waals surface area contributed by atoms with Gasteiger partial charge in [-0.05, 0) is 36.2 Å². The van der Waals surface area contributed by atoms with Crippen LogP contribution in [0.15, 0.2) is 42.5 Å². The number of hydrogen-bond acceptors (Lipinski definition) is 3. The molecule has 24 heavy (non-hydrogen) atoms. The Hall–Kier alpha value is -2.21. The second kappa shape index (κ2) is 8.06. The third kappa shape index (κ3) is 4.89. The van der Waals surface area contributed by atoms with E-state index in [9.17, 15) is 13.2 Å². The predicted molar refractivity (Wildman–Crippen MR) is 86.2 cm³/mol. The number of rotatable bonds is 7. The molecule has 0 saturated carbocycles. The van der Waals surface area contributed by atoms with Crippen LogP contribution >= 0.6 is 0 Å². The van der Waals surface area contributed by atoms with E-state index in [1.54, 1.807) is 13.2 Å². The molecule has 0 atom stereocenters. The fourth-order valence-corrected chi connectivity index (χ4v) is 2.31. The van der Waals surface area contributed by atoms with Gasteiger partial charge in [0.25, 0.3) is 0 Å². The van der Waals surface area contributed by atoms with Crippen molar-refractivity contribution in [3.63, 3.8) is 0 Å². The van der Waals surface area contributed by atoms with E-state index in [2.05, 4.69) is 5.32 Å². The zero-order valence-corrected chi connectivity index (χ0v) is 13.6. The number of methoxy groups -OCH3 is 1. The van der Waals surface area contributed by atoms with Gasteiger partial charge in [-0.15, -0.1) is 0 Å². The Balaban J connectivity index is 1.98. The summed E-state index contributed by atoms with van der Waals surface area (Å²) in [6.45, 7) is 3.27. The van der Waals surface area contributed by atoms with E-state index in [-0.39, 0.29) is 0 Å². The van der Waals surface area contributed by atoms with Crippen molar-refractivity contribution in [3.8, 4) is 11.5 Å². The molecular formula is C18H20F3NO2. The summed E-state index contributed by atoms with van der Waals surface area (Å²) in [4.78, 5) is 0. The van der Waals surface area contributed by atoms with Crippen molar-refractivity contribution in [2.24, 2.45) is 0 Å². The molecule has 0 heterocycles. The van der Waals surface area contributed by atoms with Gasteiger partial charge >= 0.3 is 6.18 Å². The van der Waals surface area contributed by atoms with Crippen molar-refractivity contribution in [1.29, 1.82) is 0 Å². The highest BCUT2D eigenvalue weighted by atomic mass is 19.4. The largest absolute Gasteiger partial charge is 0.493 e. The lowest BCUT2D eigenvalue weighted by atomic mass is 10.1. The molecule has 0 aliphatic rings. The highest BCUT2D eigenvalue weighted by Gasteiger charge is 2.30. The van der Waals surface area contributed by atoms with E-state index in [0.29, 0.717) is 36.8 Å². The van der Waals surface area contributed by atoms with Gasteiger partial charge in [0.1, 0.15) is 0 Å². The second-order valence-electron chi connectivity index (χ2n) is 5.22. The number of hydrogen-bond donors (Lipinski definition) is 1. The summed E-state index contributed by atoms with van der Waals surface area (Å²) < 4.78 is 48.8. The van der Waals surface area contributed by atoms with Gasteiger partial charge in [0, 0.05) is 13.1 Å². The molecule has 0 spiro atoms. The Morgan fingerprint density at radius 2 is 1.67 bits per heavy atom. The second-order valence-corrected chi connectivity index (χ2v) is 5.22. The van der Waals surface area contributed by atoms with Gasteiger partial charge in [0.05, 0.1) is 19.3 Å². The maximum absolute atomic E-state index is 12.7. The van der Waals surface area contributed by atoms with Crippen molar-refractivity contribution in [2.45, 2.75) is 26.2 Å². The highest BCUT2D eigenvalue weighted by Crippen LogP contribution is 2.30. The molecule has 0 fully saturated rings. The van der Waals surface area contributed by atoms with Gasteiger partial charge in [-0.3, -0.25) is 0 Å². The van der Waals surface area contributed by atoms with Gasteiger partial charge in [-0.25, -0.2) is 0 Å². The molecule has 2 aromatic rings. The Morgan fingerprint density at radius 1 is 0.958 bits per heavy atom. The van der Waals surface area contributed by atoms with E-state index in [0.717, 1.165) is 17.7 Å². The van der Waals surface area contributed by atoms with Gasteiger partial charge in [-0.1, -0.05) is 24.3 Å². The molecule has 2 rings (SSSR count). The zero-order valence-electron chi connectivity index (χ0n) is 13.6. The first-order valence-electron chi connectivity index (χ1n) is 7.60. The molecule has 0 bridgehead atoms. The van der Waals surface area contributed by atoms with Gasteiger partial charge in [0.15, 0.2) is 11.5 Å². The van der Waals surface area contributed by atoms with E-state index >= 15 is 0 Å². The van der Waals surface area contributed by atoms with Crippen molar-refractivity contribution < 1.29 is 22.6 Å². The summed E-state index contributed by atoms with van der Waals surface area (Å²) in [6, 6.07) is 10.9. The minimum absolute atomic E-state index is 0.347. The Labute approximate surface area is 139 Å². The van der Waals surface area contributed by atoms with Crippen molar-refractivity contribution in [1.82, 2.24) is 5.32 Å². The molecule has 3 nitrogen and oxygen atoms in total. The summed E-state index contributed by atoms with van der Waals surface area (Å²) in [5.41, 5.74) is 0.916. The molecule has 0 aliphatic heterocycles. The quantitative estimate of drug-likeness (QED) is 0.811. The molecular weight excluding hydrogens is 319 g/mol. The van der Waals surface area contributed by atoms with Crippen LogP contribution in [-0.2, 0) is 19.3 Å². The van der Waals surface area contributed by atoms with Crippen LogP contribution in [0, 0.1) is 0 Å². The first-order valence-corrected chi connectivity index (χ1v) is 7.60. The standard InChI is InChI=1S/C18H20F3NO2/c1-3-24-17-10-14(7-8-16(17)23-2)12-22-11-13-5-4-6-15(9-13)18(19,20)21/h4-10,22H,3,11-12H2,1-2H3. The molecule has 0 aliphatic carbocycles. The fourth-order valence-electron chi connectivity index (χ4n) is 2.31. The van der Waals surface area contributed by atoms with Crippen LogP contribution in [0.2, 0.25) is 0 Å². The van der Waals surface area contributed by atoms with E-state index in [1.807, 2.05) is 25.1 Å². The Bertz CT molecular complexity index is 672. The summed E-state index contributed by atoms with van der Waals surface area (Å²) in [6.07, 6.45) is -4.32. The van der Waals surface area contributed by atoms with Crippen LogP contribution in [0.5, 0.6) is 11.5 Å². The third-order valence-corrected chi connectivity index (χ3v) is 3.44. The number of alkyl halides is 3. The number of halogens is 3. The van der Waals surface area contributed by atoms with Crippen LogP contribution < -0.4 is 14.8 Å². The van der Waals surface area contributed by atoms with Gasteiger partial charge in [0.2, 0.25) is 0 Å². The number of benzene rings is 2. The predicted octanol–water partition coefficient (Wildman–Crippen LogP) is 4.40. The minimum Gasteiger partial charge on any atom is -0.493 e. The third-order valence-electron chi connectivity index (χ3n) is 3.44. The molecule has 0 unspecified atom stereocenters. The summed E-state index contributed by atoms with van der Waals surface area (Å²) >= 11 is 0. The van der Waals surface area contributed by atoms with Crippen LogP contribution in [0.1, 0.15) is 23.6 Å². The van der Waals surface area contributed by atoms with Crippen molar-refractivity contribution in [3.05, 3.63) is 59.2 Å². The minimum atomic E-state index is -4.32. The van der Waals surface area contributed by atoms with Gasteiger partial charge < -0.3 is 14.8 Å². The van der Waals surface area contributed by atoms with E-state index in [4.69, 9.17) is 9.47 Å². The smallest absolute Gasteiger partial charge is 0.416 e. The molecule has 1 N–H and O–H groups in total. The summed E-state index contributed by atoms with van der Waals surface area (Å²) in [5, 5.41) is 3.14. The molecule has 0 aromatic heterocycles. The maximum atomic E-state index is 12.7. The number of nitrogens with one attached hydrogen (secondary N) is 1. The maximum Gasteiger partial charge on any atom is 0.416 e. The molecule has 0 radical (unpaired) electrons. The first-order chi connectivity index (χ1) is 11.4. The van der Waals surface area contributed by atoms with Crippen molar-refractivity contribution >= 4 is 0 Å². The Kier molecular flexibility index (Phi) is 6.09. The highest BCUT2D eigenvalue weighted by molar-refractivity contribution is 5.43. The average Bonchev–Trinajstić information content (AvgIpc) is 2.55. The molecule has 130 valence electrons. The molecule has 6 heteroatoms. The first kappa shape index (κ1) is 18.1. The topological polar surface area (TPSA) is 30.5 Å². The number of ether oxygens (including phenoxy) is 2. The molecule has 0 saturated heterocycles. The van der Waals surface area contributed by atoms with Crippen LogP contribution in [-0.4, -0.2) is 13.7 Å². The molecule has 2 aromatic carbocycles. The van der Waals surface area contributed by atoms with E-state index in [1.165, 1.54) is 6.07 Å². The van der Waals surface area contributed by atoms with Crippen LogP contribution in [0.3, 0.4) is 0 Å². The lowest BCUT2D eigenvalue weighted by molar-refractivity contribution is -0.137. The normalized spacial score (nSPS) is 11.4. The zero-order chi connectivity index (χ0) is 17.6. The van der Waals surface area contributed by atoms with Gasteiger partial charge in [-0.2, -0.15) is 13.2 Å². The lowest BCUT2D eigenvalue weighted by Gasteiger charge is -2.12. The van der Waals surface area contributed by atoms with Crippen molar-refractivity contribution in [2.75, 3.05) is 13.7 Å². The lowest BCUT2D eigenvalue weighted by Crippen LogP contribution is -2.14. The summed E-state index contributed by atoms with van der Waals surface area (Å²) in [7, 11) is 1.57. The SMILES string of the molecule is CCOc1cc(CNCc2cccc(C(F)(F)F)c2)ccc1OC. The van der Waals surface area contributed by atoms with Crippen LogP contribution in [0.25, 0.3) is 0 Å². The van der Waals surface area contributed by atoms with E-state index < -0.39 is 11.7 Å². The van der Waals surface area contributed by atoms with Crippen LogP contribution in [0.4, 0.5) is 13.2 Å². The Morgan fingerprint density at radius 3 is 2.29 bits per heavy atom. The monoisotopic (exact) mass is 339 g/mol. The fraction of sp³-hybridized carbons (Fsp3) is 0.333. The molecule has 0 amide bonds. The average molecular weight is 339 g/mol.